The van der Waals surface area contributed by atoms with Crippen molar-refractivity contribution in [1.82, 2.24) is 5.32 Å². The van der Waals surface area contributed by atoms with Crippen LogP contribution in [0.4, 0.5) is 0 Å². The van der Waals surface area contributed by atoms with Crippen LogP contribution in [0.15, 0.2) is 0 Å². The summed E-state index contributed by atoms with van der Waals surface area (Å²) >= 11 is 0. The zero-order chi connectivity index (χ0) is 12.0. The highest BCUT2D eigenvalue weighted by Crippen LogP contribution is 2.41. The lowest BCUT2D eigenvalue weighted by atomic mass is 9.82. The van der Waals surface area contributed by atoms with Gasteiger partial charge in [0.15, 0.2) is 0 Å². The second-order valence-electron chi connectivity index (χ2n) is 5.00. The van der Waals surface area contributed by atoms with E-state index in [9.17, 15) is 4.79 Å². The molecule has 0 aromatic carbocycles. The van der Waals surface area contributed by atoms with E-state index in [0.717, 1.165) is 32.1 Å². The van der Waals surface area contributed by atoms with E-state index in [1.54, 1.807) is 0 Å². The molecule has 0 radical (unpaired) electrons. The largest absolute Gasteiger partial charge is 0.353 e. The normalized spacial score (nSPS) is 20.7. The Balaban J connectivity index is 2.54. The molecule has 0 bridgehead atoms. The minimum Gasteiger partial charge on any atom is -0.353 e. The van der Waals surface area contributed by atoms with Gasteiger partial charge in [-0.15, -0.1) is 0 Å². The Labute approximate surface area is 99.2 Å². The number of nitrogens with two attached hydrogens (primary N) is 1. The van der Waals surface area contributed by atoms with Gasteiger partial charge in [0.1, 0.15) is 0 Å². The predicted molar refractivity (Wildman–Crippen MR) is 67.1 cm³/mol. The molecule has 0 aliphatic heterocycles. The molecule has 1 aliphatic carbocycles. The molecule has 1 rings (SSSR count). The first-order valence-corrected chi connectivity index (χ1v) is 6.69. The molecule has 1 aliphatic rings. The molecule has 3 nitrogen and oxygen atoms in total. The molecule has 1 fully saturated rings. The third-order valence-electron chi connectivity index (χ3n) is 4.06. The summed E-state index contributed by atoms with van der Waals surface area (Å²) in [6.45, 7) is 4.89. The lowest BCUT2D eigenvalue weighted by Gasteiger charge is -2.29. The highest BCUT2D eigenvalue weighted by atomic mass is 16.2. The van der Waals surface area contributed by atoms with Gasteiger partial charge in [-0.1, -0.05) is 26.7 Å². The van der Waals surface area contributed by atoms with E-state index < -0.39 is 0 Å². The van der Waals surface area contributed by atoms with Crippen molar-refractivity contribution in [1.29, 1.82) is 0 Å². The third kappa shape index (κ3) is 2.97. The van der Waals surface area contributed by atoms with Crippen molar-refractivity contribution in [2.45, 2.75) is 64.8 Å². The van der Waals surface area contributed by atoms with Crippen molar-refractivity contribution in [3.05, 3.63) is 0 Å². The van der Waals surface area contributed by atoms with Crippen LogP contribution in [0.2, 0.25) is 0 Å². The Hall–Kier alpha value is -0.570. The van der Waals surface area contributed by atoms with Gasteiger partial charge in [0.25, 0.3) is 0 Å². The van der Waals surface area contributed by atoms with Crippen LogP contribution in [0.3, 0.4) is 0 Å². The highest BCUT2D eigenvalue weighted by molar-refractivity contribution is 5.83. The molecule has 0 aromatic rings. The molecule has 1 unspecified atom stereocenters. The quantitative estimate of drug-likeness (QED) is 0.729. The third-order valence-corrected chi connectivity index (χ3v) is 4.06. The van der Waals surface area contributed by atoms with Gasteiger partial charge in [-0.2, -0.15) is 0 Å². The second kappa shape index (κ2) is 6.24. The van der Waals surface area contributed by atoms with Crippen LogP contribution in [0.25, 0.3) is 0 Å². The number of carbonyl (C=O) groups is 1. The van der Waals surface area contributed by atoms with E-state index in [4.69, 9.17) is 5.73 Å². The van der Waals surface area contributed by atoms with Crippen molar-refractivity contribution < 1.29 is 4.79 Å². The number of nitrogens with one attached hydrogen (secondary N) is 1. The van der Waals surface area contributed by atoms with Crippen molar-refractivity contribution in [2.24, 2.45) is 11.1 Å². The first kappa shape index (κ1) is 13.5. The average molecular weight is 226 g/mol. The van der Waals surface area contributed by atoms with Gasteiger partial charge < -0.3 is 11.1 Å². The highest BCUT2D eigenvalue weighted by Gasteiger charge is 2.39. The summed E-state index contributed by atoms with van der Waals surface area (Å²) in [5.41, 5.74) is 5.48. The maximum absolute atomic E-state index is 12.3. The predicted octanol–water partition coefficient (Wildman–Crippen LogP) is 2.20. The summed E-state index contributed by atoms with van der Waals surface area (Å²) in [5.74, 6) is 0.271. The first-order chi connectivity index (χ1) is 7.68. The van der Waals surface area contributed by atoms with E-state index in [-0.39, 0.29) is 17.4 Å². The zero-order valence-corrected chi connectivity index (χ0v) is 10.7. The fraction of sp³-hybridized carbons (Fsp3) is 0.923. The topological polar surface area (TPSA) is 55.1 Å². The van der Waals surface area contributed by atoms with Crippen LogP contribution < -0.4 is 11.1 Å². The van der Waals surface area contributed by atoms with Crippen LogP contribution in [0.5, 0.6) is 0 Å². The zero-order valence-electron chi connectivity index (χ0n) is 10.7. The maximum Gasteiger partial charge on any atom is 0.226 e. The van der Waals surface area contributed by atoms with Gasteiger partial charge in [-0.05, 0) is 38.6 Å². The van der Waals surface area contributed by atoms with Crippen LogP contribution >= 0.6 is 0 Å². The molecule has 3 heteroatoms. The molecule has 3 N–H and O–H groups in total. The molecule has 1 atom stereocenters. The van der Waals surface area contributed by atoms with Crippen molar-refractivity contribution >= 4 is 5.91 Å². The summed E-state index contributed by atoms with van der Waals surface area (Å²) in [7, 11) is 0. The minimum atomic E-state index is -0.0674. The van der Waals surface area contributed by atoms with Gasteiger partial charge in [0, 0.05) is 11.5 Å². The van der Waals surface area contributed by atoms with Gasteiger partial charge in [-0.3, -0.25) is 4.79 Å². The maximum atomic E-state index is 12.3. The molecule has 0 saturated heterocycles. The number of hydrogen-bond donors (Lipinski definition) is 2. The van der Waals surface area contributed by atoms with Crippen molar-refractivity contribution in [2.75, 3.05) is 6.54 Å². The summed E-state index contributed by atoms with van der Waals surface area (Å²) in [6, 6.07) is 0.265. The molecular formula is C13H26N2O. The SMILES string of the molecule is CCC(CCN)NC(=O)C1(CC)CCCC1. The average Bonchev–Trinajstić information content (AvgIpc) is 2.78. The molecule has 1 saturated carbocycles. The fourth-order valence-corrected chi connectivity index (χ4v) is 2.71. The Kier molecular flexibility index (Phi) is 5.26. The Morgan fingerprint density at radius 3 is 2.44 bits per heavy atom. The van der Waals surface area contributed by atoms with Crippen LogP contribution in [-0.2, 0) is 4.79 Å². The Morgan fingerprint density at radius 1 is 1.38 bits per heavy atom. The van der Waals surface area contributed by atoms with Gasteiger partial charge >= 0.3 is 0 Å². The van der Waals surface area contributed by atoms with Gasteiger partial charge in [-0.25, -0.2) is 0 Å². The lowest BCUT2D eigenvalue weighted by Crippen LogP contribution is -2.44. The molecule has 0 aromatic heterocycles. The smallest absolute Gasteiger partial charge is 0.226 e. The Morgan fingerprint density at radius 2 is 2.00 bits per heavy atom. The summed E-state index contributed by atoms with van der Waals surface area (Å²) in [6.07, 6.45) is 7.37. The second-order valence-corrected chi connectivity index (χ2v) is 5.00. The van der Waals surface area contributed by atoms with Gasteiger partial charge in [0.05, 0.1) is 0 Å². The van der Waals surface area contributed by atoms with E-state index >= 15 is 0 Å². The minimum absolute atomic E-state index is 0.0674. The summed E-state index contributed by atoms with van der Waals surface area (Å²) < 4.78 is 0. The molecule has 0 heterocycles. The number of carbonyl (C=O) groups excluding carboxylic acids is 1. The molecule has 94 valence electrons. The summed E-state index contributed by atoms with van der Waals surface area (Å²) in [5, 5.41) is 3.18. The van der Waals surface area contributed by atoms with Crippen LogP contribution in [-0.4, -0.2) is 18.5 Å². The number of amides is 1. The molecule has 16 heavy (non-hydrogen) atoms. The van der Waals surface area contributed by atoms with E-state index in [0.29, 0.717) is 6.54 Å². The Bertz CT molecular complexity index is 222. The molecule has 0 spiro atoms. The number of hydrogen-bond acceptors (Lipinski definition) is 2. The van der Waals surface area contributed by atoms with E-state index in [2.05, 4.69) is 19.2 Å². The monoisotopic (exact) mass is 226 g/mol. The van der Waals surface area contributed by atoms with Crippen molar-refractivity contribution in [3.8, 4) is 0 Å². The van der Waals surface area contributed by atoms with Crippen LogP contribution in [0, 0.1) is 5.41 Å². The van der Waals surface area contributed by atoms with Crippen LogP contribution in [0.1, 0.15) is 58.8 Å². The standard InChI is InChI=1S/C13H26N2O/c1-3-11(7-10-14)15-12(16)13(4-2)8-5-6-9-13/h11H,3-10,14H2,1-2H3,(H,15,16). The first-order valence-electron chi connectivity index (χ1n) is 6.69. The summed E-state index contributed by atoms with van der Waals surface area (Å²) in [4.78, 5) is 12.3. The molecular weight excluding hydrogens is 200 g/mol. The van der Waals surface area contributed by atoms with E-state index in [1.807, 2.05) is 0 Å². The lowest BCUT2D eigenvalue weighted by molar-refractivity contribution is -0.131. The van der Waals surface area contributed by atoms with Crippen molar-refractivity contribution in [3.63, 3.8) is 0 Å². The van der Waals surface area contributed by atoms with E-state index in [1.165, 1.54) is 12.8 Å². The molecule has 1 amide bonds. The number of rotatable bonds is 6. The fourth-order valence-electron chi connectivity index (χ4n) is 2.71. The van der Waals surface area contributed by atoms with Gasteiger partial charge in [0.2, 0.25) is 5.91 Å².